The summed E-state index contributed by atoms with van der Waals surface area (Å²) in [7, 11) is 1.69. The minimum Gasteiger partial charge on any atom is -0.497 e. The van der Waals surface area contributed by atoms with E-state index in [1.54, 1.807) is 7.11 Å². The van der Waals surface area contributed by atoms with Crippen molar-refractivity contribution < 1.29 is 9.53 Å². The predicted molar refractivity (Wildman–Crippen MR) is 110 cm³/mol. The number of carbonyl (C=O) groups is 1. The summed E-state index contributed by atoms with van der Waals surface area (Å²) < 4.78 is 5.24. The Labute approximate surface area is 162 Å². The number of methoxy groups -OCH3 is 1. The number of carbonyl (C=O) groups excluding carboxylic acids is 1. The molecule has 1 aliphatic rings. The molecule has 1 atom stereocenters. The van der Waals surface area contributed by atoms with Crippen molar-refractivity contribution in [1.82, 2.24) is 4.90 Å². The van der Waals surface area contributed by atoms with Crippen LogP contribution in [-0.2, 0) is 11.3 Å². The first-order chi connectivity index (χ1) is 13.2. The fraction of sp³-hybridized carbons (Fsp3) is 0.435. The summed E-state index contributed by atoms with van der Waals surface area (Å²) in [5.41, 5.74) is 2.32. The van der Waals surface area contributed by atoms with Crippen LogP contribution in [0, 0.1) is 5.92 Å². The molecule has 144 valence electrons. The molecule has 2 aromatic rings. The van der Waals surface area contributed by atoms with E-state index in [0.717, 1.165) is 37.6 Å². The highest BCUT2D eigenvalue weighted by atomic mass is 16.5. The molecule has 1 fully saturated rings. The SMILES string of the molecule is CCC(=O)N(CC1CCCN(Cc2ccc(OC)cc2)C1)c1ccccc1. The van der Waals surface area contributed by atoms with Gasteiger partial charge in [-0.05, 0) is 55.1 Å². The van der Waals surface area contributed by atoms with E-state index in [1.165, 1.54) is 18.4 Å². The maximum absolute atomic E-state index is 12.5. The number of benzene rings is 2. The number of nitrogens with zero attached hydrogens (tertiary/aromatic N) is 2. The topological polar surface area (TPSA) is 32.8 Å². The van der Waals surface area contributed by atoms with Gasteiger partial charge in [-0.15, -0.1) is 0 Å². The van der Waals surface area contributed by atoms with Crippen molar-refractivity contribution in [2.75, 3.05) is 31.6 Å². The van der Waals surface area contributed by atoms with Gasteiger partial charge in [0.15, 0.2) is 0 Å². The monoisotopic (exact) mass is 366 g/mol. The average Bonchev–Trinajstić information content (AvgIpc) is 2.73. The Balaban J connectivity index is 1.62. The molecule has 0 radical (unpaired) electrons. The van der Waals surface area contributed by atoms with E-state index in [-0.39, 0.29) is 5.91 Å². The molecule has 4 heteroatoms. The van der Waals surface area contributed by atoms with Crippen LogP contribution in [0.5, 0.6) is 5.75 Å². The third-order valence-electron chi connectivity index (χ3n) is 5.28. The summed E-state index contributed by atoms with van der Waals surface area (Å²) in [5, 5.41) is 0. The Morgan fingerprint density at radius 3 is 2.56 bits per heavy atom. The zero-order valence-corrected chi connectivity index (χ0v) is 16.4. The first kappa shape index (κ1) is 19.4. The fourth-order valence-electron chi connectivity index (χ4n) is 3.84. The standard InChI is InChI=1S/C23H30N2O2/c1-3-23(26)25(21-9-5-4-6-10-21)18-20-8-7-15-24(17-20)16-19-11-13-22(27-2)14-12-19/h4-6,9-14,20H,3,7-8,15-18H2,1-2H3. The van der Waals surface area contributed by atoms with E-state index in [4.69, 9.17) is 4.74 Å². The second-order valence-electron chi connectivity index (χ2n) is 7.28. The molecule has 3 rings (SSSR count). The fourth-order valence-corrected chi connectivity index (χ4v) is 3.84. The van der Waals surface area contributed by atoms with Crippen molar-refractivity contribution >= 4 is 11.6 Å². The van der Waals surface area contributed by atoms with Crippen LogP contribution in [0.4, 0.5) is 5.69 Å². The lowest BCUT2D eigenvalue weighted by molar-refractivity contribution is -0.118. The maximum Gasteiger partial charge on any atom is 0.226 e. The third-order valence-corrected chi connectivity index (χ3v) is 5.28. The van der Waals surface area contributed by atoms with Crippen molar-refractivity contribution in [2.24, 2.45) is 5.92 Å². The lowest BCUT2D eigenvalue weighted by Crippen LogP contribution is -2.42. The van der Waals surface area contributed by atoms with Crippen molar-refractivity contribution in [1.29, 1.82) is 0 Å². The summed E-state index contributed by atoms with van der Waals surface area (Å²) in [4.78, 5) is 17.0. The minimum absolute atomic E-state index is 0.202. The van der Waals surface area contributed by atoms with Crippen LogP contribution in [0.1, 0.15) is 31.7 Å². The number of hydrogen-bond donors (Lipinski definition) is 0. The largest absolute Gasteiger partial charge is 0.497 e. The highest BCUT2D eigenvalue weighted by Gasteiger charge is 2.24. The zero-order valence-electron chi connectivity index (χ0n) is 16.4. The van der Waals surface area contributed by atoms with Gasteiger partial charge in [-0.25, -0.2) is 0 Å². The molecule has 1 unspecified atom stereocenters. The number of piperidine rings is 1. The number of hydrogen-bond acceptors (Lipinski definition) is 3. The second-order valence-corrected chi connectivity index (χ2v) is 7.28. The smallest absolute Gasteiger partial charge is 0.226 e. The van der Waals surface area contributed by atoms with Crippen LogP contribution in [0.2, 0.25) is 0 Å². The van der Waals surface area contributed by atoms with E-state index in [0.29, 0.717) is 12.3 Å². The molecule has 0 bridgehead atoms. The van der Waals surface area contributed by atoms with E-state index < -0.39 is 0 Å². The quantitative estimate of drug-likeness (QED) is 0.730. The van der Waals surface area contributed by atoms with Gasteiger partial charge in [-0.2, -0.15) is 0 Å². The number of ether oxygens (including phenoxy) is 1. The van der Waals surface area contributed by atoms with Crippen LogP contribution in [0.15, 0.2) is 54.6 Å². The van der Waals surface area contributed by atoms with Crippen molar-refractivity contribution in [3.05, 3.63) is 60.2 Å². The van der Waals surface area contributed by atoms with Gasteiger partial charge in [0.1, 0.15) is 5.75 Å². The average molecular weight is 367 g/mol. The summed E-state index contributed by atoms with van der Waals surface area (Å²) in [6.45, 7) is 5.85. The number of amides is 1. The third kappa shape index (κ3) is 5.33. The summed E-state index contributed by atoms with van der Waals surface area (Å²) in [5.74, 6) is 1.60. The number of rotatable bonds is 7. The van der Waals surface area contributed by atoms with Gasteiger partial charge < -0.3 is 9.64 Å². The van der Waals surface area contributed by atoms with Crippen molar-refractivity contribution in [3.8, 4) is 5.75 Å². The van der Waals surface area contributed by atoms with Gasteiger partial charge in [-0.1, -0.05) is 37.3 Å². The van der Waals surface area contributed by atoms with Crippen LogP contribution in [-0.4, -0.2) is 37.6 Å². The highest BCUT2D eigenvalue weighted by molar-refractivity contribution is 5.93. The van der Waals surface area contributed by atoms with Crippen LogP contribution >= 0.6 is 0 Å². The molecular weight excluding hydrogens is 336 g/mol. The van der Waals surface area contributed by atoms with Crippen molar-refractivity contribution in [3.63, 3.8) is 0 Å². The predicted octanol–water partition coefficient (Wildman–Crippen LogP) is 4.35. The Bertz CT molecular complexity index is 715. The molecule has 0 aliphatic carbocycles. The first-order valence-electron chi connectivity index (χ1n) is 9.90. The molecule has 4 nitrogen and oxygen atoms in total. The van der Waals surface area contributed by atoms with E-state index in [1.807, 2.05) is 54.3 Å². The molecule has 27 heavy (non-hydrogen) atoms. The number of likely N-dealkylation sites (tertiary alicyclic amines) is 1. The van der Waals surface area contributed by atoms with Crippen molar-refractivity contribution in [2.45, 2.75) is 32.7 Å². The zero-order chi connectivity index (χ0) is 19.1. The van der Waals surface area contributed by atoms with E-state index >= 15 is 0 Å². The Morgan fingerprint density at radius 2 is 1.89 bits per heavy atom. The summed E-state index contributed by atoms with van der Waals surface area (Å²) >= 11 is 0. The molecule has 2 aromatic carbocycles. The molecule has 1 amide bonds. The molecule has 0 spiro atoms. The van der Waals surface area contributed by atoms with Gasteiger partial charge in [-0.3, -0.25) is 9.69 Å². The Hall–Kier alpha value is -2.33. The van der Waals surface area contributed by atoms with Gasteiger partial charge in [0.2, 0.25) is 5.91 Å². The van der Waals surface area contributed by atoms with E-state index in [2.05, 4.69) is 17.0 Å². The Morgan fingerprint density at radius 1 is 1.15 bits per heavy atom. The van der Waals surface area contributed by atoms with E-state index in [9.17, 15) is 4.79 Å². The van der Waals surface area contributed by atoms with Gasteiger partial charge >= 0.3 is 0 Å². The lowest BCUT2D eigenvalue weighted by Gasteiger charge is -2.35. The first-order valence-corrected chi connectivity index (χ1v) is 9.90. The normalized spacial score (nSPS) is 17.5. The molecule has 1 heterocycles. The minimum atomic E-state index is 0.202. The molecule has 0 saturated carbocycles. The van der Waals surface area contributed by atoms with Gasteiger partial charge in [0, 0.05) is 31.7 Å². The molecule has 1 aliphatic heterocycles. The highest BCUT2D eigenvalue weighted by Crippen LogP contribution is 2.24. The molecule has 0 N–H and O–H groups in total. The van der Waals surface area contributed by atoms with Gasteiger partial charge in [0.05, 0.1) is 7.11 Å². The van der Waals surface area contributed by atoms with Crippen LogP contribution in [0.3, 0.4) is 0 Å². The lowest BCUT2D eigenvalue weighted by atomic mass is 9.96. The molecule has 0 aromatic heterocycles. The maximum atomic E-state index is 12.5. The Kier molecular flexibility index (Phi) is 6.88. The molecular formula is C23H30N2O2. The van der Waals surface area contributed by atoms with Crippen LogP contribution < -0.4 is 9.64 Å². The van der Waals surface area contributed by atoms with Gasteiger partial charge in [0.25, 0.3) is 0 Å². The number of anilines is 1. The summed E-state index contributed by atoms with van der Waals surface area (Å²) in [6.07, 6.45) is 2.90. The summed E-state index contributed by atoms with van der Waals surface area (Å²) in [6, 6.07) is 18.4. The molecule has 1 saturated heterocycles. The number of para-hydroxylation sites is 1. The second kappa shape index (κ2) is 9.56. The van der Waals surface area contributed by atoms with Crippen LogP contribution in [0.25, 0.3) is 0 Å².